The molecule has 0 radical (unpaired) electrons. The Bertz CT molecular complexity index is 585. The number of carbonyl (C=O) groups excluding carboxylic acids is 1. The minimum Gasteiger partial charge on any atom is -0.384 e. The standard InChI is InChI=1S/C10H10ClN5OS/c1-2-7-15-16-10(18-7)14-9(17)8-5(11)3-4-6(12)13-8/h3-4H,2H2,1H3,(H2,12,13)(H,14,16,17). The van der Waals surface area contributed by atoms with Gasteiger partial charge in [0.25, 0.3) is 5.91 Å². The van der Waals surface area contributed by atoms with E-state index in [0.29, 0.717) is 5.13 Å². The van der Waals surface area contributed by atoms with Crippen molar-refractivity contribution >= 4 is 39.8 Å². The van der Waals surface area contributed by atoms with Crippen molar-refractivity contribution in [2.24, 2.45) is 0 Å². The van der Waals surface area contributed by atoms with Crippen LogP contribution in [0.2, 0.25) is 5.02 Å². The van der Waals surface area contributed by atoms with Gasteiger partial charge >= 0.3 is 0 Å². The molecule has 18 heavy (non-hydrogen) atoms. The minimum atomic E-state index is -0.453. The number of halogens is 1. The molecule has 0 aliphatic heterocycles. The van der Waals surface area contributed by atoms with E-state index < -0.39 is 5.91 Å². The molecule has 6 nitrogen and oxygen atoms in total. The summed E-state index contributed by atoms with van der Waals surface area (Å²) in [6.07, 6.45) is 0.769. The van der Waals surface area contributed by atoms with E-state index >= 15 is 0 Å². The maximum atomic E-state index is 11.9. The maximum Gasteiger partial charge on any atom is 0.277 e. The third-order valence-corrected chi connectivity index (χ3v) is 3.36. The molecule has 0 unspecified atom stereocenters. The molecule has 0 atom stereocenters. The Hall–Kier alpha value is -1.73. The largest absolute Gasteiger partial charge is 0.384 e. The van der Waals surface area contributed by atoms with E-state index in [-0.39, 0.29) is 16.5 Å². The van der Waals surface area contributed by atoms with Gasteiger partial charge in [-0.1, -0.05) is 29.9 Å². The highest BCUT2D eigenvalue weighted by molar-refractivity contribution is 7.15. The van der Waals surface area contributed by atoms with Crippen molar-refractivity contribution in [1.82, 2.24) is 15.2 Å². The van der Waals surface area contributed by atoms with Gasteiger partial charge in [-0.25, -0.2) is 4.98 Å². The lowest BCUT2D eigenvalue weighted by molar-refractivity contribution is 0.102. The van der Waals surface area contributed by atoms with E-state index in [0.717, 1.165) is 11.4 Å². The fourth-order valence-corrected chi connectivity index (χ4v) is 2.09. The molecular weight excluding hydrogens is 274 g/mol. The van der Waals surface area contributed by atoms with E-state index in [2.05, 4.69) is 20.5 Å². The van der Waals surface area contributed by atoms with Crippen LogP contribution in [0.5, 0.6) is 0 Å². The summed E-state index contributed by atoms with van der Waals surface area (Å²) < 4.78 is 0. The molecule has 2 rings (SSSR count). The van der Waals surface area contributed by atoms with Gasteiger partial charge in [0.2, 0.25) is 5.13 Å². The van der Waals surface area contributed by atoms with E-state index in [1.807, 2.05) is 6.92 Å². The van der Waals surface area contributed by atoms with Gasteiger partial charge in [0, 0.05) is 0 Å². The zero-order chi connectivity index (χ0) is 13.1. The van der Waals surface area contributed by atoms with Gasteiger partial charge < -0.3 is 5.73 Å². The summed E-state index contributed by atoms with van der Waals surface area (Å²) in [5, 5.41) is 11.8. The van der Waals surface area contributed by atoms with Crippen LogP contribution in [0.15, 0.2) is 12.1 Å². The van der Waals surface area contributed by atoms with Crippen LogP contribution in [0.25, 0.3) is 0 Å². The van der Waals surface area contributed by atoms with Crippen LogP contribution in [0.3, 0.4) is 0 Å². The number of amides is 1. The number of aryl methyl sites for hydroxylation is 1. The SMILES string of the molecule is CCc1nnc(NC(=O)c2nc(N)ccc2Cl)s1. The average molecular weight is 284 g/mol. The normalized spacial score (nSPS) is 10.3. The van der Waals surface area contributed by atoms with Gasteiger partial charge in [0.05, 0.1) is 5.02 Å². The van der Waals surface area contributed by atoms with Crippen molar-refractivity contribution < 1.29 is 4.79 Å². The van der Waals surface area contributed by atoms with Crippen LogP contribution < -0.4 is 11.1 Å². The predicted octanol–water partition coefficient (Wildman–Crippen LogP) is 1.98. The third-order valence-electron chi connectivity index (χ3n) is 2.07. The van der Waals surface area contributed by atoms with E-state index in [9.17, 15) is 4.79 Å². The van der Waals surface area contributed by atoms with Gasteiger partial charge in [0.15, 0.2) is 0 Å². The highest BCUT2D eigenvalue weighted by Gasteiger charge is 2.14. The number of pyridine rings is 1. The molecule has 8 heteroatoms. The third kappa shape index (κ3) is 2.74. The van der Waals surface area contributed by atoms with Crippen molar-refractivity contribution in [2.75, 3.05) is 11.1 Å². The van der Waals surface area contributed by atoms with Gasteiger partial charge in [-0.2, -0.15) is 0 Å². The minimum absolute atomic E-state index is 0.0740. The molecule has 0 aliphatic carbocycles. The fraction of sp³-hybridized carbons (Fsp3) is 0.200. The van der Waals surface area contributed by atoms with Gasteiger partial charge in [-0.15, -0.1) is 10.2 Å². The molecule has 3 N–H and O–H groups in total. The quantitative estimate of drug-likeness (QED) is 0.898. The lowest BCUT2D eigenvalue weighted by atomic mass is 10.3. The number of aromatic nitrogens is 3. The Balaban J connectivity index is 2.19. The Labute approximate surface area is 112 Å². The first-order valence-corrected chi connectivity index (χ1v) is 6.35. The second-order valence-corrected chi connectivity index (χ2v) is 4.84. The van der Waals surface area contributed by atoms with Crippen LogP contribution in [-0.4, -0.2) is 21.1 Å². The first-order valence-electron chi connectivity index (χ1n) is 5.16. The van der Waals surface area contributed by atoms with Crippen molar-refractivity contribution in [1.29, 1.82) is 0 Å². The zero-order valence-electron chi connectivity index (χ0n) is 9.48. The average Bonchev–Trinajstić information content (AvgIpc) is 2.80. The van der Waals surface area contributed by atoms with Crippen molar-refractivity contribution in [3.63, 3.8) is 0 Å². The number of nitrogens with zero attached hydrogens (tertiary/aromatic N) is 3. The fourth-order valence-electron chi connectivity index (χ4n) is 1.22. The first kappa shape index (κ1) is 12.7. The summed E-state index contributed by atoms with van der Waals surface area (Å²) in [5.41, 5.74) is 5.58. The van der Waals surface area contributed by atoms with Gasteiger partial charge in [-0.05, 0) is 18.6 Å². The van der Waals surface area contributed by atoms with E-state index in [1.165, 1.54) is 23.5 Å². The molecule has 2 aromatic heterocycles. The molecule has 2 aromatic rings. The molecular formula is C10H10ClN5OS. The van der Waals surface area contributed by atoms with Crippen LogP contribution in [0.4, 0.5) is 10.9 Å². The van der Waals surface area contributed by atoms with Gasteiger partial charge in [0.1, 0.15) is 16.5 Å². The van der Waals surface area contributed by atoms with Crippen molar-refractivity contribution in [3.05, 3.63) is 27.9 Å². The second-order valence-electron chi connectivity index (χ2n) is 3.38. The zero-order valence-corrected chi connectivity index (χ0v) is 11.0. The molecule has 94 valence electrons. The summed E-state index contributed by atoms with van der Waals surface area (Å²) >= 11 is 7.19. The summed E-state index contributed by atoms with van der Waals surface area (Å²) in [6.45, 7) is 1.96. The van der Waals surface area contributed by atoms with Crippen LogP contribution in [0.1, 0.15) is 22.4 Å². The Morgan fingerprint density at radius 3 is 2.94 bits per heavy atom. The maximum absolute atomic E-state index is 11.9. The molecule has 0 saturated heterocycles. The highest BCUT2D eigenvalue weighted by atomic mass is 35.5. The highest BCUT2D eigenvalue weighted by Crippen LogP contribution is 2.19. The molecule has 0 spiro atoms. The first-order chi connectivity index (χ1) is 8.60. The number of carbonyl (C=O) groups is 1. The van der Waals surface area contributed by atoms with E-state index in [4.69, 9.17) is 17.3 Å². The topological polar surface area (TPSA) is 93.8 Å². The Morgan fingerprint density at radius 2 is 2.28 bits per heavy atom. The summed E-state index contributed by atoms with van der Waals surface area (Å²) in [5.74, 6) is -0.220. The lowest BCUT2D eigenvalue weighted by Gasteiger charge is -2.03. The lowest BCUT2D eigenvalue weighted by Crippen LogP contribution is -2.15. The van der Waals surface area contributed by atoms with Gasteiger partial charge in [-0.3, -0.25) is 10.1 Å². The second kappa shape index (κ2) is 5.28. The summed E-state index contributed by atoms with van der Waals surface area (Å²) in [4.78, 5) is 15.8. The molecule has 0 saturated carbocycles. The van der Waals surface area contributed by atoms with Crippen molar-refractivity contribution in [2.45, 2.75) is 13.3 Å². The summed E-state index contributed by atoms with van der Waals surface area (Å²) in [6, 6.07) is 3.05. The van der Waals surface area contributed by atoms with Crippen LogP contribution in [0, 0.1) is 0 Å². The molecule has 0 aliphatic rings. The van der Waals surface area contributed by atoms with Crippen LogP contribution in [-0.2, 0) is 6.42 Å². The number of nitrogens with one attached hydrogen (secondary N) is 1. The number of nitrogen functional groups attached to an aromatic ring is 1. The molecule has 2 heterocycles. The van der Waals surface area contributed by atoms with E-state index in [1.54, 1.807) is 0 Å². The Morgan fingerprint density at radius 1 is 1.50 bits per heavy atom. The number of hydrogen-bond donors (Lipinski definition) is 2. The monoisotopic (exact) mass is 283 g/mol. The smallest absolute Gasteiger partial charge is 0.277 e. The number of nitrogens with two attached hydrogens (primary N) is 1. The molecule has 0 aromatic carbocycles. The number of rotatable bonds is 3. The molecule has 1 amide bonds. The number of hydrogen-bond acceptors (Lipinski definition) is 6. The molecule has 0 bridgehead atoms. The Kier molecular flexibility index (Phi) is 3.73. The van der Waals surface area contributed by atoms with Crippen LogP contribution >= 0.6 is 22.9 Å². The summed E-state index contributed by atoms with van der Waals surface area (Å²) in [7, 11) is 0. The predicted molar refractivity (Wildman–Crippen MR) is 70.9 cm³/mol. The van der Waals surface area contributed by atoms with Crippen molar-refractivity contribution in [3.8, 4) is 0 Å². The number of anilines is 2. The molecule has 0 fully saturated rings.